The van der Waals surface area contributed by atoms with Crippen molar-refractivity contribution in [1.29, 1.82) is 0 Å². The van der Waals surface area contributed by atoms with Crippen molar-refractivity contribution in [1.82, 2.24) is 24.3 Å². The maximum atomic E-state index is 12.3. The van der Waals surface area contributed by atoms with Crippen LogP contribution in [0.15, 0.2) is 17.8 Å². The largest absolute Gasteiger partial charge is 0.466 e. The first-order chi connectivity index (χ1) is 14.6. The van der Waals surface area contributed by atoms with Gasteiger partial charge in [0.25, 0.3) is 0 Å². The van der Waals surface area contributed by atoms with Gasteiger partial charge >= 0.3 is 5.97 Å². The van der Waals surface area contributed by atoms with E-state index in [0.29, 0.717) is 24.0 Å². The second-order valence-electron chi connectivity index (χ2n) is 7.18. The predicted octanol–water partition coefficient (Wildman–Crippen LogP) is 1.26. The van der Waals surface area contributed by atoms with Gasteiger partial charge in [-0.25, -0.2) is 9.97 Å². The van der Waals surface area contributed by atoms with E-state index in [0.717, 1.165) is 51.5 Å². The molecule has 10 heteroatoms. The summed E-state index contributed by atoms with van der Waals surface area (Å²) in [5.74, 6) is 0.738. The standard InChI is InChI=1S/C20H30N6O3S/c1-3-17-21-5-6-26(17)12-11-24-7-9-25(10-8-24)14-18(27)23-20-22-16(15-30-20)13-19(28)29-4-2/h5-6,15H,3-4,7-14H2,1-2H3,(H,22,23,27). The number of aromatic nitrogens is 3. The van der Waals surface area contributed by atoms with Gasteiger partial charge in [-0.2, -0.15) is 0 Å². The van der Waals surface area contributed by atoms with E-state index in [-0.39, 0.29) is 18.3 Å². The van der Waals surface area contributed by atoms with Crippen LogP contribution in [0.2, 0.25) is 0 Å². The maximum absolute atomic E-state index is 12.3. The summed E-state index contributed by atoms with van der Waals surface area (Å²) in [4.78, 5) is 37.1. The Kier molecular flexibility index (Phi) is 8.35. The lowest BCUT2D eigenvalue weighted by atomic mass is 10.3. The van der Waals surface area contributed by atoms with Crippen LogP contribution in [-0.4, -0.2) is 82.1 Å². The highest BCUT2D eigenvalue weighted by Gasteiger charge is 2.19. The molecule has 164 valence electrons. The minimum absolute atomic E-state index is 0.0773. The van der Waals surface area contributed by atoms with E-state index in [1.165, 1.54) is 11.3 Å². The van der Waals surface area contributed by atoms with Gasteiger partial charge < -0.3 is 14.6 Å². The van der Waals surface area contributed by atoms with Crippen molar-refractivity contribution in [3.8, 4) is 0 Å². The molecule has 0 unspecified atom stereocenters. The molecule has 0 radical (unpaired) electrons. The first-order valence-corrected chi connectivity index (χ1v) is 11.3. The van der Waals surface area contributed by atoms with Crippen LogP contribution in [0.25, 0.3) is 0 Å². The molecule has 0 aromatic carbocycles. The fourth-order valence-corrected chi connectivity index (χ4v) is 4.17. The third-order valence-electron chi connectivity index (χ3n) is 5.04. The number of amides is 1. The van der Waals surface area contributed by atoms with Crippen LogP contribution in [0.5, 0.6) is 0 Å². The fraction of sp³-hybridized carbons (Fsp3) is 0.600. The highest BCUT2D eigenvalue weighted by Crippen LogP contribution is 2.16. The quantitative estimate of drug-likeness (QED) is 0.563. The summed E-state index contributed by atoms with van der Waals surface area (Å²) in [6.45, 7) is 10.2. The van der Waals surface area contributed by atoms with Crippen LogP contribution >= 0.6 is 11.3 Å². The van der Waals surface area contributed by atoms with Crippen LogP contribution in [-0.2, 0) is 33.7 Å². The average Bonchev–Trinajstić information content (AvgIpc) is 3.36. The molecule has 1 amide bonds. The number of ether oxygens (including phenoxy) is 1. The van der Waals surface area contributed by atoms with Gasteiger partial charge in [-0.05, 0) is 6.92 Å². The van der Waals surface area contributed by atoms with Crippen LogP contribution < -0.4 is 5.32 Å². The summed E-state index contributed by atoms with van der Waals surface area (Å²) in [5.41, 5.74) is 0.617. The zero-order valence-electron chi connectivity index (χ0n) is 17.7. The fourth-order valence-electron chi connectivity index (χ4n) is 3.45. The number of nitrogens with zero attached hydrogens (tertiary/aromatic N) is 5. The monoisotopic (exact) mass is 434 g/mol. The van der Waals surface area contributed by atoms with E-state index in [4.69, 9.17) is 4.74 Å². The first kappa shape index (κ1) is 22.4. The Morgan fingerprint density at radius 3 is 2.67 bits per heavy atom. The van der Waals surface area contributed by atoms with E-state index in [1.54, 1.807) is 12.3 Å². The molecule has 3 rings (SSSR count). The Morgan fingerprint density at radius 2 is 1.93 bits per heavy atom. The lowest BCUT2D eigenvalue weighted by Gasteiger charge is -2.34. The molecule has 1 N–H and O–H groups in total. The van der Waals surface area contributed by atoms with Gasteiger partial charge in [0.2, 0.25) is 5.91 Å². The Morgan fingerprint density at radius 1 is 1.17 bits per heavy atom. The molecule has 3 heterocycles. The Labute approximate surface area is 181 Å². The highest BCUT2D eigenvalue weighted by molar-refractivity contribution is 7.13. The summed E-state index contributed by atoms with van der Waals surface area (Å²) in [5, 5.41) is 5.13. The molecule has 1 fully saturated rings. The van der Waals surface area contributed by atoms with E-state index >= 15 is 0 Å². The average molecular weight is 435 g/mol. The topological polar surface area (TPSA) is 92.6 Å². The van der Waals surface area contributed by atoms with Crippen molar-refractivity contribution in [2.45, 2.75) is 33.2 Å². The van der Waals surface area contributed by atoms with Crippen LogP contribution in [0.3, 0.4) is 0 Å². The second-order valence-corrected chi connectivity index (χ2v) is 8.04. The third kappa shape index (κ3) is 6.61. The number of thiazole rings is 1. The van der Waals surface area contributed by atoms with Gasteiger partial charge in [0.05, 0.1) is 25.3 Å². The minimum Gasteiger partial charge on any atom is -0.466 e. The van der Waals surface area contributed by atoms with Crippen molar-refractivity contribution in [3.63, 3.8) is 0 Å². The van der Waals surface area contributed by atoms with Crippen molar-refractivity contribution < 1.29 is 14.3 Å². The van der Waals surface area contributed by atoms with E-state index < -0.39 is 0 Å². The lowest BCUT2D eigenvalue weighted by molar-refractivity contribution is -0.142. The first-order valence-electron chi connectivity index (χ1n) is 10.4. The number of imidazole rings is 1. The smallest absolute Gasteiger partial charge is 0.311 e. The summed E-state index contributed by atoms with van der Waals surface area (Å²) in [7, 11) is 0. The number of carbonyl (C=O) groups excluding carboxylic acids is 2. The maximum Gasteiger partial charge on any atom is 0.311 e. The Balaban J connectivity index is 1.36. The number of hydrogen-bond donors (Lipinski definition) is 1. The van der Waals surface area contributed by atoms with Gasteiger partial charge in [-0.3, -0.25) is 19.4 Å². The van der Waals surface area contributed by atoms with E-state index in [9.17, 15) is 9.59 Å². The molecule has 2 aromatic heterocycles. The summed E-state index contributed by atoms with van der Waals surface area (Å²) in [6.07, 6.45) is 4.97. The second kappa shape index (κ2) is 11.2. The molecule has 0 atom stereocenters. The number of esters is 1. The number of aryl methyl sites for hydroxylation is 1. The minimum atomic E-state index is -0.308. The van der Waals surface area contributed by atoms with Gasteiger partial charge in [0.15, 0.2) is 5.13 Å². The van der Waals surface area contributed by atoms with Crippen molar-refractivity contribution >= 4 is 28.3 Å². The summed E-state index contributed by atoms with van der Waals surface area (Å²) in [6, 6.07) is 0. The number of hydrogen-bond acceptors (Lipinski definition) is 8. The highest BCUT2D eigenvalue weighted by atomic mass is 32.1. The van der Waals surface area contributed by atoms with E-state index in [2.05, 4.69) is 36.6 Å². The molecule has 0 bridgehead atoms. The number of carbonyl (C=O) groups is 2. The molecule has 1 saturated heterocycles. The van der Waals surface area contributed by atoms with Gasteiger partial charge in [-0.15, -0.1) is 11.3 Å². The predicted molar refractivity (Wildman–Crippen MR) is 116 cm³/mol. The number of anilines is 1. The van der Waals surface area contributed by atoms with Crippen LogP contribution in [0.4, 0.5) is 5.13 Å². The Bertz CT molecular complexity index is 828. The van der Waals surface area contributed by atoms with Crippen LogP contribution in [0, 0.1) is 0 Å². The molecule has 1 aliphatic heterocycles. The van der Waals surface area contributed by atoms with Crippen molar-refractivity contribution in [2.75, 3.05) is 51.2 Å². The summed E-state index contributed by atoms with van der Waals surface area (Å²) >= 11 is 1.32. The van der Waals surface area contributed by atoms with E-state index in [1.807, 2.05) is 12.4 Å². The Hall–Kier alpha value is -2.30. The molecule has 1 aliphatic rings. The lowest BCUT2D eigenvalue weighted by Crippen LogP contribution is -2.49. The zero-order chi connectivity index (χ0) is 21.3. The third-order valence-corrected chi connectivity index (χ3v) is 5.84. The molecule has 9 nitrogen and oxygen atoms in total. The molecular formula is C20H30N6O3S. The van der Waals surface area contributed by atoms with Gasteiger partial charge in [-0.1, -0.05) is 6.92 Å². The van der Waals surface area contributed by atoms with Gasteiger partial charge in [0.1, 0.15) is 5.82 Å². The summed E-state index contributed by atoms with van der Waals surface area (Å²) < 4.78 is 7.13. The number of piperazine rings is 1. The number of rotatable bonds is 10. The number of nitrogens with one attached hydrogen (secondary N) is 1. The zero-order valence-corrected chi connectivity index (χ0v) is 18.5. The van der Waals surface area contributed by atoms with Crippen LogP contribution in [0.1, 0.15) is 25.4 Å². The molecule has 0 saturated carbocycles. The van der Waals surface area contributed by atoms with Crippen molar-refractivity contribution in [2.24, 2.45) is 0 Å². The van der Waals surface area contributed by atoms with Gasteiger partial charge in [0, 0.05) is 63.5 Å². The molecular weight excluding hydrogens is 404 g/mol. The van der Waals surface area contributed by atoms with Crippen molar-refractivity contribution in [3.05, 3.63) is 29.3 Å². The molecule has 0 spiro atoms. The normalized spacial score (nSPS) is 15.3. The molecule has 30 heavy (non-hydrogen) atoms. The SMILES string of the molecule is CCOC(=O)Cc1csc(NC(=O)CN2CCN(CCn3ccnc3CC)CC2)n1. The molecule has 0 aliphatic carbocycles. The molecule has 2 aromatic rings.